The Kier molecular flexibility index (Phi) is 9.38. The van der Waals surface area contributed by atoms with E-state index in [1.54, 1.807) is 18.2 Å². The van der Waals surface area contributed by atoms with Crippen LogP contribution in [0.15, 0.2) is 29.3 Å². The maximum Gasteiger partial charge on any atom is 0.225 e. The number of hydrogen-bond donors (Lipinski definition) is 3. The van der Waals surface area contributed by atoms with Crippen LogP contribution in [0.2, 0.25) is 0 Å². The van der Waals surface area contributed by atoms with Gasteiger partial charge in [-0.2, -0.15) is 0 Å². The molecule has 162 valence electrons. The van der Waals surface area contributed by atoms with Gasteiger partial charge in [-0.05, 0) is 38.7 Å². The third-order valence-corrected chi connectivity index (χ3v) is 5.51. The predicted molar refractivity (Wildman–Crippen MR) is 114 cm³/mol. The van der Waals surface area contributed by atoms with Crippen LogP contribution >= 0.6 is 0 Å². The number of halogens is 1. The first-order valence-corrected chi connectivity index (χ1v) is 10.8. The van der Waals surface area contributed by atoms with Crippen molar-refractivity contribution in [2.45, 2.75) is 58.6 Å². The highest BCUT2D eigenvalue weighted by atomic mass is 19.1. The second kappa shape index (κ2) is 11.8. The summed E-state index contributed by atoms with van der Waals surface area (Å²) in [5.74, 6) is 0.565. The molecule has 0 aliphatic carbocycles. The number of rotatable bonds is 8. The van der Waals surface area contributed by atoms with Crippen LogP contribution in [0.5, 0.6) is 0 Å². The van der Waals surface area contributed by atoms with E-state index in [4.69, 9.17) is 0 Å². The van der Waals surface area contributed by atoms with E-state index in [1.807, 2.05) is 11.8 Å². The molecule has 0 radical (unpaired) electrons. The van der Waals surface area contributed by atoms with Gasteiger partial charge in [-0.3, -0.25) is 9.79 Å². The van der Waals surface area contributed by atoms with Crippen LogP contribution in [0, 0.1) is 11.7 Å². The SMILES string of the molecule is CCNC(=NCC(O)c1ccccc1F)NC1CCN(C(=O)C(CC)CC)CC1. The van der Waals surface area contributed by atoms with E-state index in [0.29, 0.717) is 12.5 Å². The Morgan fingerprint density at radius 1 is 1.24 bits per heavy atom. The Bertz CT molecular complexity index is 671. The normalized spacial score (nSPS) is 16.8. The maximum atomic E-state index is 13.8. The van der Waals surface area contributed by atoms with Crippen molar-refractivity contribution in [3.8, 4) is 0 Å². The lowest BCUT2D eigenvalue weighted by atomic mass is 9.98. The van der Waals surface area contributed by atoms with E-state index in [0.717, 1.165) is 38.8 Å². The molecule has 0 spiro atoms. The summed E-state index contributed by atoms with van der Waals surface area (Å²) in [5, 5.41) is 16.8. The summed E-state index contributed by atoms with van der Waals surface area (Å²) in [4.78, 5) is 18.9. The fourth-order valence-electron chi connectivity index (χ4n) is 3.68. The number of aliphatic imine (C=N–C) groups is 1. The molecule has 0 aromatic heterocycles. The van der Waals surface area contributed by atoms with Crippen molar-refractivity contribution in [3.05, 3.63) is 35.6 Å². The van der Waals surface area contributed by atoms with Gasteiger partial charge in [0.05, 0.1) is 6.54 Å². The number of carbonyl (C=O) groups is 1. The number of nitrogens with zero attached hydrogens (tertiary/aromatic N) is 2. The third-order valence-electron chi connectivity index (χ3n) is 5.51. The Morgan fingerprint density at radius 3 is 2.48 bits per heavy atom. The van der Waals surface area contributed by atoms with Crippen molar-refractivity contribution in [1.29, 1.82) is 0 Å². The highest BCUT2D eigenvalue weighted by Gasteiger charge is 2.26. The molecule has 1 aromatic carbocycles. The zero-order valence-electron chi connectivity index (χ0n) is 17.8. The van der Waals surface area contributed by atoms with Gasteiger partial charge in [0.25, 0.3) is 0 Å². The van der Waals surface area contributed by atoms with Gasteiger partial charge in [0.1, 0.15) is 11.9 Å². The number of aliphatic hydroxyl groups excluding tert-OH is 1. The summed E-state index contributed by atoms with van der Waals surface area (Å²) >= 11 is 0. The van der Waals surface area contributed by atoms with Gasteiger partial charge in [0, 0.05) is 37.2 Å². The zero-order valence-corrected chi connectivity index (χ0v) is 17.8. The number of nitrogens with one attached hydrogen (secondary N) is 2. The smallest absolute Gasteiger partial charge is 0.225 e. The first kappa shape index (κ1) is 23.1. The van der Waals surface area contributed by atoms with E-state index in [1.165, 1.54) is 6.07 Å². The summed E-state index contributed by atoms with van der Waals surface area (Å²) in [7, 11) is 0. The minimum Gasteiger partial charge on any atom is -0.386 e. The molecule has 1 aliphatic heterocycles. The molecular weight excluding hydrogens is 371 g/mol. The lowest BCUT2D eigenvalue weighted by Crippen LogP contribution is -2.50. The highest BCUT2D eigenvalue weighted by Crippen LogP contribution is 2.18. The van der Waals surface area contributed by atoms with Crippen molar-refractivity contribution < 1.29 is 14.3 Å². The molecule has 1 saturated heterocycles. The Balaban J connectivity index is 1.90. The van der Waals surface area contributed by atoms with Gasteiger partial charge >= 0.3 is 0 Å². The monoisotopic (exact) mass is 406 g/mol. The standard InChI is InChI=1S/C22H35FN4O2/c1-4-16(5-2)21(29)27-13-11-17(12-14-27)26-22(24-6-3)25-15-20(28)18-9-7-8-10-19(18)23/h7-10,16-17,20,28H,4-6,11-15H2,1-3H3,(H2,24,25,26). The number of piperidine rings is 1. The molecule has 1 unspecified atom stereocenters. The van der Waals surface area contributed by atoms with Crippen LogP contribution in [0.1, 0.15) is 58.1 Å². The maximum absolute atomic E-state index is 13.8. The van der Waals surface area contributed by atoms with E-state index in [-0.39, 0.29) is 30.0 Å². The average molecular weight is 407 g/mol. The summed E-state index contributed by atoms with van der Waals surface area (Å²) in [5.41, 5.74) is 0.250. The second-order valence-corrected chi connectivity index (χ2v) is 7.51. The predicted octanol–water partition coefficient (Wildman–Crippen LogP) is 2.84. The molecule has 0 bridgehead atoms. The van der Waals surface area contributed by atoms with Gasteiger partial charge in [0.2, 0.25) is 5.91 Å². The number of hydrogen-bond acceptors (Lipinski definition) is 3. The molecular formula is C22H35FN4O2. The first-order chi connectivity index (χ1) is 14.0. The minimum atomic E-state index is -0.994. The second-order valence-electron chi connectivity index (χ2n) is 7.51. The topological polar surface area (TPSA) is 77.0 Å². The third kappa shape index (κ3) is 6.70. The number of aliphatic hydroxyl groups is 1. The molecule has 2 rings (SSSR count). The summed E-state index contributed by atoms with van der Waals surface area (Å²) in [6, 6.07) is 6.42. The Labute approximate surface area is 173 Å². The number of likely N-dealkylation sites (tertiary alicyclic amines) is 1. The largest absolute Gasteiger partial charge is 0.386 e. The van der Waals surface area contributed by atoms with Gasteiger partial charge in [-0.1, -0.05) is 32.0 Å². The van der Waals surface area contributed by atoms with E-state index >= 15 is 0 Å². The van der Waals surface area contributed by atoms with Crippen LogP contribution in [-0.2, 0) is 4.79 Å². The average Bonchev–Trinajstić information content (AvgIpc) is 2.73. The molecule has 1 heterocycles. The van der Waals surface area contributed by atoms with Crippen molar-refractivity contribution in [3.63, 3.8) is 0 Å². The fourth-order valence-corrected chi connectivity index (χ4v) is 3.68. The molecule has 1 atom stereocenters. The van der Waals surface area contributed by atoms with Crippen molar-refractivity contribution in [2.24, 2.45) is 10.9 Å². The molecule has 1 aromatic rings. The zero-order chi connectivity index (χ0) is 21.2. The summed E-state index contributed by atoms with van der Waals surface area (Å²) in [6.07, 6.45) is 2.48. The quantitative estimate of drug-likeness (QED) is 0.458. The lowest BCUT2D eigenvalue weighted by Gasteiger charge is -2.35. The Morgan fingerprint density at radius 2 is 1.90 bits per heavy atom. The highest BCUT2D eigenvalue weighted by molar-refractivity contribution is 5.80. The summed E-state index contributed by atoms with van der Waals surface area (Å²) in [6.45, 7) is 8.34. The molecule has 6 nitrogen and oxygen atoms in total. The van der Waals surface area contributed by atoms with Crippen molar-refractivity contribution in [2.75, 3.05) is 26.2 Å². The van der Waals surface area contributed by atoms with Gasteiger partial charge in [-0.15, -0.1) is 0 Å². The number of benzene rings is 1. The molecule has 0 saturated carbocycles. The molecule has 1 fully saturated rings. The fraction of sp³-hybridized carbons (Fsp3) is 0.636. The molecule has 29 heavy (non-hydrogen) atoms. The van der Waals surface area contributed by atoms with Gasteiger partial charge < -0.3 is 20.6 Å². The summed E-state index contributed by atoms with van der Waals surface area (Å²) < 4.78 is 13.8. The van der Waals surface area contributed by atoms with E-state index < -0.39 is 11.9 Å². The van der Waals surface area contributed by atoms with Crippen molar-refractivity contribution in [1.82, 2.24) is 15.5 Å². The number of guanidine groups is 1. The van der Waals surface area contributed by atoms with Crippen LogP contribution in [0.4, 0.5) is 4.39 Å². The van der Waals surface area contributed by atoms with Gasteiger partial charge in [0.15, 0.2) is 5.96 Å². The number of carbonyl (C=O) groups excluding carboxylic acids is 1. The van der Waals surface area contributed by atoms with Crippen LogP contribution in [0.3, 0.4) is 0 Å². The minimum absolute atomic E-state index is 0.0717. The van der Waals surface area contributed by atoms with Crippen molar-refractivity contribution >= 4 is 11.9 Å². The van der Waals surface area contributed by atoms with E-state index in [2.05, 4.69) is 29.5 Å². The lowest BCUT2D eigenvalue weighted by molar-refractivity contribution is -0.136. The van der Waals surface area contributed by atoms with Crippen LogP contribution < -0.4 is 10.6 Å². The number of amides is 1. The molecule has 1 amide bonds. The first-order valence-electron chi connectivity index (χ1n) is 10.8. The molecule has 7 heteroatoms. The van der Waals surface area contributed by atoms with Crippen LogP contribution in [0.25, 0.3) is 0 Å². The van der Waals surface area contributed by atoms with Crippen LogP contribution in [-0.4, -0.2) is 54.1 Å². The Hall–Kier alpha value is -2.15. The van der Waals surface area contributed by atoms with E-state index in [9.17, 15) is 14.3 Å². The molecule has 1 aliphatic rings. The van der Waals surface area contributed by atoms with Gasteiger partial charge in [-0.25, -0.2) is 4.39 Å². The molecule has 3 N–H and O–H groups in total.